The minimum atomic E-state index is 0.829. The molecule has 4 aromatic rings. The lowest BCUT2D eigenvalue weighted by molar-refractivity contribution is 1.09. The molecule has 2 aromatic carbocycles. The van der Waals surface area contributed by atoms with E-state index in [0.29, 0.717) is 0 Å². The standard InChI is InChI=1S/C21H16N4S/c1-22-21-25-24-20(26-21)15-7-6-13-8-9-17(18(13)11-15)16-10-14-4-2-3-5-19(14)23-12-16/h2-7,9-12H,8H2,1H3,(H,22,25). The predicted molar refractivity (Wildman–Crippen MR) is 107 cm³/mol. The van der Waals surface area contributed by atoms with Crippen LogP contribution in [0, 0.1) is 0 Å². The number of para-hydroxylation sites is 1. The third kappa shape index (κ3) is 2.48. The molecule has 0 fully saturated rings. The minimum Gasteiger partial charge on any atom is -0.363 e. The lowest BCUT2D eigenvalue weighted by atomic mass is 9.97. The number of nitrogens with zero attached hydrogens (tertiary/aromatic N) is 3. The van der Waals surface area contributed by atoms with Crippen molar-refractivity contribution in [1.82, 2.24) is 15.2 Å². The Hall–Kier alpha value is -3.05. The molecule has 5 rings (SSSR count). The Morgan fingerprint density at radius 1 is 1.00 bits per heavy atom. The second-order valence-corrected chi connectivity index (χ2v) is 7.25. The Morgan fingerprint density at radius 2 is 1.92 bits per heavy atom. The van der Waals surface area contributed by atoms with E-state index in [1.807, 2.05) is 25.4 Å². The van der Waals surface area contributed by atoms with Crippen LogP contribution in [-0.4, -0.2) is 22.2 Å². The van der Waals surface area contributed by atoms with Gasteiger partial charge in [0.05, 0.1) is 5.52 Å². The maximum atomic E-state index is 4.62. The molecular weight excluding hydrogens is 340 g/mol. The number of rotatable bonds is 3. The smallest absolute Gasteiger partial charge is 0.205 e. The summed E-state index contributed by atoms with van der Waals surface area (Å²) in [5.74, 6) is 0. The van der Waals surface area contributed by atoms with E-state index in [-0.39, 0.29) is 0 Å². The van der Waals surface area contributed by atoms with Gasteiger partial charge in [-0.15, -0.1) is 10.2 Å². The highest BCUT2D eigenvalue weighted by Crippen LogP contribution is 2.37. The van der Waals surface area contributed by atoms with E-state index in [9.17, 15) is 0 Å². The lowest BCUT2D eigenvalue weighted by Gasteiger charge is -2.09. The Labute approximate surface area is 155 Å². The van der Waals surface area contributed by atoms with E-state index in [2.05, 4.69) is 63.0 Å². The molecule has 126 valence electrons. The summed E-state index contributed by atoms with van der Waals surface area (Å²) in [6.45, 7) is 0. The summed E-state index contributed by atoms with van der Waals surface area (Å²) in [5, 5.41) is 14.4. The molecule has 2 aromatic heterocycles. The number of allylic oxidation sites excluding steroid dienone is 1. The first-order valence-electron chi connectivity index (χ1n) is 8.52. The van der Waals surface area contributed by atoms with Crippen LogP contribution >= 0.6 is 11.3 Å². The van der Waals surface area contributed by atoms with Crippen LogP contribution in [0.4, 0.5) is 5.13 Å². The molecule has 0 spiro atoms. The lowest BCUT2D eigenvalue weighted by Crippen LogP contribution is -1.90. The topological polar surface area (TPSA) is 50.7 Å². The van der Waals surface area contributed by atoms with Crippen molar-refractivity contribution in [2.45, 2.75) is 6.42 Å². The van der Waals surface area contributed by atoms with Crippen LogP contribution in [0.15, 0.2) is 60.8 Å². The van der Waals surface area contributed by atoms with Crippen LogP contribution in [0.1, 0.15) is 16.7 Å². The molecular formula is C21H16N4S. The molecule has 0 unspecified atom stereocenters. The third-order valence-corrected chi connectivity index (χ3v) is 5.70. The average Bonchev–Trinajstić information content (AvgIpc) is 3.34. The summed E-state index contributed by atoms with van der Waals surface area (Å²) >= 11 is 1.57. The van der Waals surface area contributed by atoms with Gasteiger partial charge in [0.1, 0.15) is 5.01 Å². The number of aromatic nitrogens is 3. The molecule has 4 nitrogen and oxygen atoms in total. The van der Waals surface area contributed by atoms with Gasteiger partial charge < -0.3 is 5.32 Å². The molecule has 0 atom stereocenters. The predicted octanol–water partition coefficient (Wildman–Crippen LogP) is 4.78. The Kier molecular flexibility index (Phi) is 3.53. The zero-order valence-corrected chi connectivity index (χ0v) is 15.0. The summed E-state index contributed by atoms with van der Waals surface area (Å²) in [5.41, 5.74) is 7.14. The van der Waals surface area contributed by atoms with Gasteiger partial charge in [-0.25, -0.2) is 0 Å². The van der Waals surface area contributed by atoms with Crippen LogP contribution in [0.3, 0.4) is 0 Å². The van der Waals surface area contributed by atoms with Gasteiger partial charge in [0.2, 0.25) is 5.13 Å². The Morgan fingerprint density at radius 3 is 2.81 bits per heavy atom. The summed E-state index contributed by atoms with van der Waals surface area (Å²) in [6.07, 6.45) is 5.22. The first kappa shape index (κ1) is 15.2. The number of nitrogens with one attached hydrogen (secondary N) is 1. The van der Waals surface area contributed by atoms with E-state index in [1.54, 1.807) is 11.3 Å². The summed E-state index contributed by atoms with van der Waals surface area (Å²) in [7, 11) is 1.86. The molecule has 0 bridgehead atoms. The van der Waals surface area contributed by atoms with Crippen molar-refractivity contribution in [2.75, 3.05) is 12.4 Å². The van der Waals surface area contributed by atoms with Gasteiger partial charge in [0.15, 0.2) is 0 Å². The highest BCUT2D eigenvalue weighted by Gasteiger charge is 2.18. The fourth-order valence-electron chi connectivity index (χ4n) is 3.39. The zero-order chi connectivity index (χ0) is 17.5. The molecule has 0 saturated carbocycles. The highest BCUT2D eigenvalue weighted by molar-refractivity contribution is 7.18. The first-order chi connectivity index (χ1) is 12.8. The number of hydrogen-bond donors (Lipinski definition) is 1. The molecule has 0 aliphatic heterocycles. The summed E-state index contributed by atoms with van der Waals surface area (Å²) < 4.78 is 0. The zero-order valence-electron chi connectivity index (χ0n) is 14.2. The monoisotopic (exact) mass is 356 g/mol. The maximum Gasteiger partial charge on any atom is 0.205 e. The van der Waals surface area contributed by atoms with Crippen molar-refractivity contribution in [2.24, 2.45) is 0 Å². The second-order valence-electron chi connectivity index (χ2n) is 6.27. The molecule has 0 amide bonds. The van der Waals surface area contributed by atoms with E-state index >= 15 is 0 Å². The number of fused-ring (bicyclic) bond motifs is 2. The van der Waals surface area contributed by atoms with Crippen LogP contribution in [0.25, 0.3) is 27.0 Å². The first-order valence-corrected chi connectivity index (χ1v) is 9.34. The third-order valence-electron chi connectivity index (χ3n) is 4.71. The molecule has 5 heteroatoms. The maximum absolute atomic E-state index is 4.62. The number of benzene rings is 2. The van der Waals surface area contributed by atoms with Crippen molar-refractivity contribution in [3.63, 3.8) is 0 Å². The van der Waals surface area contributed by atoms with Gasteiger partial charge >= 0.3 is 0 Å². The van der Waals surface area contributed by atoms with Crippen molar-refractivity contribution in [3.8, 4) is 10.6 Å². The van der Waals surface area contributed by atoms with Crippen LogP contribution in [-0.2, 0) is 6.42 Å². The van der Waals surface area contributed by atoms with Crippen LogP contribution < -0.4 is 5.32 Å². The quantitative estimate of drug-likeness (QED) is 0.574. The SMILES string of the molecule is CNc1nnc(-c2ccc3c(c2)C(c2cnc4ccccc4c2)=CC3)s1. The Balaban J connectivity index is 1.58. The van der Waals surface area contributed by atoms with E-state index < -0.39 is 0 Å². The fourth-order valence-corrected chi connectivity index (χ4v) is 4.09. The summed E-state index contributed by atoms with van der Waals surface area (Å²) in [4.78, 5) is 4.62. The van der Waals surface area contributed by atoms with Gasteiger partial charge in [-0.2, -0.15) is 0 Å². The van der Waals surface area contributed by atoms with E-state index in [4.69, 9.17) is 0 Å². The Bertz CT molecular complexity index is 1160. The molecule has 0 saturated heterocycles. The molecule has 1 N–H and O–H groups in total. The van der Waals surface area contributed by atoms with Crippen LogP contribution in [0.2, 0.25) is 0 Å². The van der Waals surface area contributed by atoms with Gasteiger partial charge in [0.25, 0.3) is 0 Å². The average molecular weight is 356 g/mol. The summed E-state index contributed by atoms with van der Waals surface area (Å²) in [6, 6.07) is 17.0. The highest BCUT2D eigenvalue weighted by atomic mass is 32.1. The fraction of sp³-hybridized carbons (Fsp3) is 0.0952. The molecule has 0 radical (unpaired) electrons. The van der Waals surface area contributed by atoms with Crippen molar-refractivity contribution < 1.29 is 0 Å². The van der Waals surface area contributed by atoms with E-state index in [0.717, 1.165) is 33.2 Å². The van der Waals surface area contributed by atoms with Gasteiger partial charge in [0, 0.05) is 29.8 Å². The largest absolute Gasteiger partial charge is 0.363 e. The minimum absolute atomic E-state index is 0.829. The number of hydrogen-bond acceptors (Lipinski definition) is 5. The molecule has 26 heavy (non-hydrogen) atoms. The van der Waals surface area contributed by atoms with E-state index in [1.165, 1.54) is 22.1 Å². The molecule has 2 heterocycles. The van der Waals surface area contributed by atoms with Gasteiger partial charge in [-0.05, 0) is 41.3 Å². The molecule has 1 aliphatic rings. The molecule has 1 aliphatic carbocycles. The van der Waals surface area contributed by atoms with Crippen molar-refractivity contribution >= 4 is 32.9 Å². The normalized spacial score (nSPS) is 12.9. The van der Waals surface area contributed by atoms with Crippen LogP contribution in [0.5, 0.6) is 0 Å². The van der Waals surface area contributed by atoms with Gasteiger partial charge in [-0.3, -0.25) is 4.98 Å². The number of anilines is 1. The van der Waals surface area contributed by atoms with Crippen molar-refractivity contribution in [1.29, 1.82) is 0 Å². The van der Waals surface area contributed by atoms with Crippen molar-refractivity contribution in [3.05, 3.63) is 77.5 Å². The number of pyridine rings is 1. The second kappa shape index (κ2) is 6.04. The van der Waals surface area contributed by atoms with Gasteiger partial charge in [-0.1, -0.05) is 47.7 Å².